The number of hydrogen-bond acceptors (Lipinski definition) is 9. The van der Waals surface area contributed by atoms with Crippen LogP contribution in [0, 0.1) is 0 Å². The number of rotatable bonds is 7. The van der Waals surface area contributed by atoms with Gasteiger partial charge in [0.05, 0.1) is 12.2 Å². The smallest absolute Gasteiger partial charge is 0.340 e. The number of nitrogens with zero attached hydrogens (tertiary/aromatic N) is 3. The van der Waals surface area contributed by atoms with E-state index in [0.717, 1.165) is 49.0 Å². The van der Waals surface area contributed by atoms with E-state index in [1.165, 1.54) is 22.7 Å². The van der Waals surface area contributed by atoms with Gasteiger partial charge in [-0.2, -0.15) is 0 Å². The molecular formula is C25H25N5O3S2. The molecule has 0 saturated heterocycles. The monoisotopic (exact) mass is 507 g/mol. The predicted molar refractivity (Wildman–Crippen MR) is 138 cm³/mol. The van der Waals surface area contributed by atoms with Crippen LogP contribution in [0.2, 0.25) is 0 Å². The Bertz CT molecular complexity index is 1370. The second-order valence-corrected chi connectivity index (χ2v) is 10.2. The van der Waals surface area contributed by atoms with E-state index in [9.17, 15) is 9.59 Å². The number of ether oxygens (including phenoxy) is 1. The van der Waals surface area contributed by atoms with Crippen LogP contribution in [-0.2, 0) is 17.7 Å². The molecule has 180 valence electrons. The van der Waals surface area contributed by atoms with Crippen LogP contribution in [0.5, 0.6) is 0 Å². The number of pyridine rings is 1. The van der Waals surface area contributed by atoms with Crippen molar-refractivity contribution in [2.45, 2.75) is 39.2 Å². The van der Waals surface area contributed by atoms with Gasteiger partial charge in [-0.1, -0.05) is 55.0 Å². The van der Waals surface area contributed by atoms with Gasteiger partial charge in [-0.15, -0.1) is 21.5 Å². The Morgan fingerprint density at radius 3 is 2.86 bits per heavy atom. The average Bonchev–Trinajstić information content (AvgIpc) is 3.41. The molecule has 0 unspecified atom stereocenters. The van der Waals surface area contributed by atoms with Crippen molar-refractivity contribution in [3.8, 4) is 10.6 Å². The number of esters is 1. The van der Waals surface area contributed by atoms with Crippen molar-refractivity contribution >= 4 is 49.9 Å². The van der Waals surface area contributed by atoms with Crippen LogP contribution in [0.15, 0.2) is 36.4 Å². The van der Waals surface area contributed by atoms with Crippen LogP contribution in [0.1, 0.15) is 57.5 Å². The molecule has 10 heteroatoms. The lowest BCUT2D eigenvalue weighted by Crippen LogP contribution is -2.16. The Labute approximate surface area is 210 Å². The molecule has 0 fully saturated rings. The maximum Gasteiger partial charge on any atom is 0.340 e. The minimum atomic E-state index is -0.500. The molecule has 5 rings (SSSR count). The number of anilines is 1. The van der Waals surface area contributed by atoms with Crippen molar-refractivity contribution in [2.24, 2.45) is 0 Å². The zero-order valence-electron chi connectivity index (χ0n) is 19.3. The second kappa shape index (κ2) is 10.6. The zero-order chi connectivity index (χ0) is 24.2. The molecule has 8 nitrogen and oxygen atoms in total. The number of unbranched alkanes of at least 4 members (excludes halogenated alkanes) is 1. The SMILES string of the molecule is CCCCOC(=O)c1c(C(=O)Nc2nnc(-c3ccccc3)s2)sc2nc3c(cc12)CNCCC3. The molecule has 0 saturated carbocycles. The second-order valence-electron chi connectivity index (χ2n) is 8.26. The maximum absolute atomic E-state index is 13.4. The fourth-order valence-electron chi connectivity index (χ4n) is 3.94. The van der Waals surface area contributed by atoms with Gasteiger partial charge < -0.3 is 10.1 Å². The third-order valence-electron chi connectivity index (χ3n) is 5.74. The average molecular weight is 508 g/mol. The summed E-state index contributed by atoms with van der Waals surface area (Å²) in [5, 5.41) is 16.3. The number of carbonyl (C=O) groups excluding carboxylic acids is 2. The van der Waals surface area contributed by atoms with Gasteiger partial charge >= 0.3 is 5.97 Å². The van der Waals surface area contributed by atoms with Crippen LogP contribution in [0.25, 0.3) is 20.8 Å². The first-order chi connectivity index (χ1) is 17.1. The molecule has 1 aliphatic rings. The van der Waals surface area contributed by atoms with E-state index in [4.69, 9.17) is 9.72 Å². The lowest BCUT2D eigenvalue weighted by molar-refractivity contribution is 0.0500. The van der Waals surface area contributed by atoms with Crippen LogP contribution >= 0.6 is 22.7 Å². The quantitative estimate of drug-likeness (QED) is 0.266. The summed E-state index contributed by atoms with van der Waals surface area (Å²) in [4.78, 5) is 32.3. The highest BCUT2D eigenvalue weighted by Gasteiger charge is 2.27. The number of aryl methyl sites for hydroxylation is 1. The van der Waals surface area contributed by atoms with Crippen LogP contribution in [0.3, 0.4) is 0 Å². The van der Waals surface area contributed by atoms with Gasteiger partial charge in [-0.05, 0) is 37.4 Å². The highest BCUT2D eigenvalue weighted by Crippen LogP contribution is 2.34. The summed E-state index contributed by atoms with van der Waals surface area (Å²) in [5.74, 6) is -0.917. The first-order valence-corrected chi connectivity index (χ1v) is 13.3. The van der Waals surface area contributed by atoms with Crippen LogP contribution < -0.4 is 10.6 Å². The molecule has 1 aromatic carbocycles. The maximum atomic E-state index is 13.4. The fourth-order valence-corrected chi connectivity index (χ4v) is 5.75. The molecule has 1 aliphatic heterocycles. The molecule has 4 aromatic rings. The minimum Gasteiger partial charge on any atom is -0.462 e. The van der Waals surface area contributed by atoms with Crippen LogP contribution in [-0.4, -0.2) is 40.2 Å². The first kappa shape index (κ1) is 23.5. The number of amides is 1. The molecule has 0 aliphatic carbocycles. The van der Waals surface area contributed by atoms with Gasteiger partial charge in [0.25, 0.3) is 5.91 Å². The number of fused-ring (bicyclic) bond motifs is 2. The van der Waals surface area contributed by atoms with E-state index >= 15 is 0 Å². The molecule has 0 spiro atoms. The van der Waals surface area contributed by atoms with E-state index in [2.05, 4.69) is 20.8 Å². The number of hydrogen-bond donors (Lipinski definition) is 2. The number of nitrogens with one attached hydrogen (secondary N) is 2. The highest BCUT2D eigenvalue weighted by atomic mass is 32.1. The van der Waals surface area contributed by atoms with Crippen molar-refractivity contribution in [1.82, 2.24) is 20.5 Å². The third-order valence-corrected chi connectivity index (χ3v) is 7.73. The Morgan fingerprint density at radius 1 is 1.17 bits per heavy atom. The summed E-state index contributed by atoms with van der Waals surface area (Å²) >= 11 is 2.49. The number of benzene rings is 1. The fraction of sp³-hybridized carbons (Fsp3) is 0.320. The normalized spacial score (nSPS) is 13.3. The van der Waals surface area contributed by atoms with Gasteiger partial charge in [0.2, 0.25) is 5.13 Å². The number of carbonyl (C=O) groups is 2. The summed E-state index contributed by atoms with van der Waals surface area (Å²) in [6.45, 7) is 3.96. The van der Waals surface area contributed by atoms with Crippen molar-refractivity contribution in [2.75, 3.05) is 18.5 Å². The summed E-state index contributed by atoms with van der Waals surface area (Å²) in [6.07, 6.45) is 3.53. The Kier molecular flexibility index (Phi) is 7.12. The van der Waals surface area contributed by atoms with Gasteiger partial charge in [0, 0.05) is 23.2 Å². The standard InChI is InChI=1S/C25H25N5O3S2/c1-2-3-12-33-24(32)19-17-13-16-14-26-11-7-10-18(16)27-23(17)34-20(19)21(31)28-25-30-29-22(35-25)15-8-5-4-6-9-15/h4-6,8-9,13,26H,2-3,7,10-12,14H2,1H3,(H,28,30,31). The summed E-state index contributed by atoms with van der Waals surface area (Å²) < 4.78 is 5.53. The highest BCUT2D eigenvalue weighted by molar-refractivity contribution is 7.21. The number of thiophene rings is 1. The van der Waals surface area contributed by atoms with Gasteiger partial charge in [0.15, 0.2) is 0 Å². The third kappa shape index (κ3) is 5.09. The van der Waals surface area contributed by atoms with E-state index < -0.39 is 11.9 Å². The molecule has 1 amide bonds. The lowest BCUT2D eigenvalue weighted by atomic mass is 10.1. The predicted octanol–water partition coefficient (Wildman–Crippen LogP) is 5.06. The van der Waals surface area contributed by atoms with Crippen molar-refractivity contribution in [3.05, 3.63) is 58.1 Å². The largest absolute Gasteiger partial charge is 0.462 e. The van der Waals surface area contributed by atoms with E-state index in [1.54, 1.807) is 0 Å². The molecule has 0 radical (unpaired) electrons. The number of aromatic nitrogens is 3. The Balaban J connectivity index is 1.49. The van der Waals surface area contributed by atoms with Gasteiger partial charge in [0.1, 0.15) is 14.7 Å². The lowest BCUT2D eigenvalue weighted by Gasteiger charge is -2.07. The summed E-state index contributed by atoms with van der Waals surface area (Å²) in [5.41, 5.74) is 3.26. The minimum absolute atomic E-state index is 0.269. The molecule has 4 heterocycles. The van der Waals surface area contributed by atoms with Crippen LogP contribution in [0.4, 0.5) is 5.13 Å². The summed E-state index contributed by atoms with van der Waals surface area (Å²) in [6, 6.07) is 11.6. The molecule has 0 atom stereocenters. The molecule has 0 bridgehead atoms. The molecule has 2 N–H and O–H groups in total. The molecule has 3 aromatic heterocycles. The van der Waals surface area contributed by atoms with Crippen molar-refractivity contribution in [3.63, 3.8) is 0 Å². The summed E-state index contributed by atoms with van der Waals surface area (Å²) in [7, 11) is 0. The van der Waals surface area contributed by atoms with E-state index in [-0.39, 0.29) is 10.4 Å². The first-order valence-electron chi connectivity index (χ1n) is 11.7. The molecular weight excluding hydrogens is 482 g/mol. The van der Waals surface area contributed by atoms with E-state index in [1.807, 2.05) is 43.3 Å². The van der Waals surface area contributed by atoms with Gasteiger partial charge in [-0.3, -0.25) is 10.1 Å². The van der Waals surface area contributed by atoms with Crippen molar-refractivity contribution in [1.29, 1.82) is 0 Å². The Morgan fingerprint density at radius 2 is 2.03 bits per heavy atom. The van der Waals surface area contributed by atoms with Crippen molar-refractivity contribution < 1.29 is 14.3 Å². The Hall–Kier alpha value is -3.21. The topological polar surface area (TPSA) is 106 Å². The van der Waals surface area contributed by atoms with Gasteiger partial charge in [-0.25, -0.2) is 9.78 Å². The van der Waals surface area contributed by atoms with E-state index in [0.29, 0.717) is 33.5 Å². The molecule has 35 heavy (non-hydrogen) atoms. The zero-order valence-corrected chi connectivity index (χ0v) is 20.9.